The van der Waals surface area contributed by atoms with Crippen LogP contribution in [-0.4, -0.2) is 12.5 Å². The zero-order valence-electron chi connectivity index (χ0n) is 15.7. The Morgan fingerprint density at radius 3 is 3.04 bits per heavy atom. The Labute approximate surface area is 164 Å². The van der Waals surface area contributed by atoms with Crippen molar-refractivity contribution in [3.05, 3.63) is 51.9 Å². The molecule has 27 heavy (non-hydrogen) atoms. The van der Waals surface area contributed by atoms with E-state index in [0.717, 1.165) is 42.6 Å². The van der Waals surface area contributed by atoms with E-state index in [-0.39, 0.29) is 5.91 Å². The van der Waals surface area contributed by atoms with Crippen molar-refractivity contribution in [2.24, 2.45) is 5.92 Å². The molecule has 0 radical (unpaired) electrons. The summed E-state index contributed by atoms with van der Waals surface area (Å²) in [6.07, 6.45) is 7.18. The van der Waals surface area contributed by atoms with Gasteiger partial charge < -0.3 is 10.1 Å². The number of nitrogens with zero attached hydrogens (tertiary/aromatic N) is 1. The molecule has 1 amide bonds. The number of amides is 1. The van der Waals surface area contributed by atoms with Gasteiger partial charge in [0, 0.05) is 16.5 Å². The molecule has 140 valence electrons. The van der Waals surface area contributed by atoms with Crippen LogP contribution in [0, 0.1) is 17.2 Å². The van der Waals surface area contributed by atoms with E-state index in [1.54, 1.807) is 17.4 Å². The number of hydrogen-bond donors (Lipinski definition) is 1. The second-order valence-corrected chi connectivity index (χ2v) is 7.98. The van der Waals surface area contributed by atoms with Crippen LogP contribution in [0.4, 0.5) is 5.00 Å². The summed E-state index contributed by atoms with van der Waals surface area (Å²) in [6.45, 7) is 4.93. The second kappa shape index (κ2) is 8.88. The van der Waals surface area contributed by atoms with Crippen LogP contribution in [0.25, 0.3) is 6.08 Å². The minimum atomic E-state index is -0.233. The predicted molar refractivity (Wildman–Crippen MR) is 110 cm³/mol. The lowest BCUT2D eigenvalue weighted by Crippen LogP contribution is -2.10. The number of nitrogens with one attached hydrogen (secondary N) is 1. The quantitative estimate of drug-likeness (QED) is 0.702. The number of para-hydroxylation sites is 1. The van der Waals surface area contributed by atoms with E-state index < -0.39 is 0 Å². The predicted octanol–water partition coefficient (Wildman–Crippen LogP) is 5.19. The van der Waals surface area contributed by atoms with Gasteiger partial charge in [0.2, 0.25) is 5.91 Å². The Bertz CT molecular complexity index is 892. The smallest absolute Gasteiger partial charge is 0.249 e. The van der Waals surface area contributed by atoms with Gasteiger partial charge in [0.25, 0.3) is 0 Å². The van der Waals surface area contributed by atoms with Crippen molar-refractivity contribution in [3.8, 4) is 11.8 Å². The zero-order chi connectivity index (χ0) is 19.2. The van der Waals surface area contributed by atoms with Gasteiger partial charge in [-0.05, 0) is 49.3 Å². The number of carbonyl (C=O) groups is 1. The molecule has 4 nitrogen and oxygen atoms in total. The van der Waals surface area contributed by atoms with Gasteiger partial charge in [0.1, 0.15) is 16.8 Å². The molecular weight excluding hydrogens is 356 g/mol. The molecule has 0 saturated carbocycles. The molecule has 1 aliphatic carbocycles. The first-order valence-corrected chi connectivity index (χ1v) is 10.2. The van der Waals surface area contributed by atoms with Crippen molar-refractivity contribution in [3.63, 3.8) is 0 Å². The lowest BCUT2D eigenvalue weighted by molar-refractivity contribution is -0.111. The molecule has 1 aromatic carbocycles. The van der Waals surface area contributed by atoms with Crippen molar-refractivity contribution >= 4 is 28.3 Å². The summed E-state index contributed by atoms with van der Waals surface area (Å²) in [6, 6.07) is 9.93. The molecule has 1 unspecified atom stereocenters. The average molecular weight is 381 g/mol. The van der Waals surface area contributed by atoms with E-state index in [4.69, 9.17) is 4.74 Å². The van der Waals surface area contributed by atoms with Crippen LogP contribution in [0.1, 0.15) is 48.3 Å². The Kier molecular flexibility index (Phi) is 6.31. The first kappa shape index (κ1) is 19.2. The standard InChI is InChI=1S/C22H24N2O2S/c1-3-12-26-19-7-5-4-6-16(19)9-11-21(25)24-22-18(14-23)17-10-8-15(2)13-20(17)27-22/h4-7,9,11,15H,3,8,10,12-13H2,1-2H3,(H,24,25)/b11-9+. The number of rotatable bonds is 6. The molecule has 1 aliphatic rings. The van der Waals surface area contributed by atoms with E-state index >= 15 is 0 Å². The highest BCUT2D eigenvalue weighted by atomic mass is 32.1. The number of carbonyl (C=O) groups excluding carboxylic acids is 1. The maximum Gasteiger partial charge on any atom is 0.249 e. The fourth-order valence-corrected chi connectivity index (χ4v) is 4.60. The molecule has 1 aromatic heterocycles. The summed E-state index contributed by atoms with van der Waals surface area (Å²) in [7, 11) is 0. The van der Waals surface area contributed by atoms with E-state index in [0.29, 0.717) is 23.1 Å². The van der Waals surface area contributed by atoms with Crippen molar-refractivity contribution in [1.29, 1.82) is 5.26 Å². The van der Waals surface area contributed by atoms with E-state index in [1.165, 1.54) is 11.0 Å². The summed E-state index contributed by atoms with van der Waals surface area (Å²) in [5.41, 5.74) is 2.62. The maximum atomic E-state index is 12.4. The number of thiophene rings is 1. The number of anilines is 1. The molecule has 0 spiro atoms. The van der Waals surface area contributed by atoms with Crippen LogP contribution in [0.5, 0.6) is 5.75 Å². The third-order valence-electron chi connectivity index (χ3n) is 4.66. The minimum absolute atomic E-state index is 0.233. The SMILES string of the molecule is CCCOc1ccccc1/C=C/C(=O)Nc1sc2c(c1C#N)CCC(C)C2. The lowest BCUT2D eigenvalue weighted by Gasteiger charge is -2.17. The molecule has 2 aromatic rings. The minimum Gasteiger partial charge on any atom is -0.493 e. The Hall–Kier alpha value is -2.58. The monoisotopic (exact) mass is 380 g/mol. The number of nitriles is 1. The third-order valence-corrected chi connectivity index (χ3v) is 5.82. The molecule has 1 atom stereocenters. The van der Waals surface area contributed by atoms with Crippen LogP contribution in [-0.2, 0) is 17.6 Å². The molecule has 0 saturated heterocycles. The highest BCUT2D eigenvalue weighted by Crippen LogP contribution is 2.39. The number of ether oxygens (including phenoxy) is 1. The summed E-state index contributed by atoms with van der Waals surface area (Å²) < 4.78 is 5.71. The zero-order valence-corrected chi connectivity index (χ0v) is 16.6. The van der Waals surface area contributed by atoms with E-state index in [9.17, 15) is 10.1 Å². The number of fused-ring (bicyclic) bond motifs is 1. The number of benzene rings is 1. The van der Waals surface area contributed by atoms with Crippen molar-refractivity contribution < 1.29 is 9.53 Å². The van der Waals surface area contributed by atoms with Gasteiger partial charge in [0.05, 0.1) is 12.2 Å². The van der Waals surface area contributed by atoms with E-state index in [2.05, 4.69) is 25.2 Å². The summed E-state index contributed by atoms with van der Waals surface area (Å²) in [5, 5.41) is 13.1. The second-order valence-electron chi connectivity index (χ2n) is 6.88. The topological polar surface area (TPSA) is 62.1 Å². The van der Waals surface area contributed by atoms with Gasteiger partial charge in [-0.15, -0.1) is 11.3 Å². The molecular formula is C22H24N2O2S. The van der Waals surface area contributed by atoms with Gasteiger partial charge >= 0.3 is 0 Å². The van der Waals surface area contributed by atoms with Crippen molar-refractivity contribution in [2.45, 2.75) is 39.5 Å². The number of hydrogen-bond acceptors (Lipinski definition) is 4. The molecule has 0 aliphatic heterocycles. The van der Waals surface area contributed by atoms with Crippen molar-refractivity contribution in [1.82, 2.24) is 0 Å². The maximum absolute atomic E-state index is 12.4. The van der Waals surface area contributed by atoms with Gasteiger partial charge in [-0.25, -0.2) is 0 Å². The molecule has 3 rings (SSSR count). The van der Waals surface area contributed by atoms with Gasteiger partial charge in [-0.2, -0.15) is 5.26 Å². The van der Waals surface area contributed by atoms with Crippen LogP contribution in [0.15, 0.2) is 30.3 Å². The van der Waals surface area contributed by atoms with Crippen molar-refractivity contribution in [2.75, 3.05) is 11.9 Å². The summed E-state index contributed by atoms with van der Waals surface area (Å²) in [5.74, 6) is 1.16. The van der Waals surface area contributed by atoms with Crippen LogP contribution in [0.2, 0.25) is 0 Å². The Morgan fingerprint density at radius 2 is 2.26 bits per heavy atom. The highest BCUT2D eigenvalue weighted by molar-refractivity contribution is 7.16. The highest BCUT2D eigenvalue weighted by Gasteiger charge is 2.24. The molecule has 0 fully saturated rings. The van der Waals surface area contributed by atoms with E-state index in [1.807, 2.05) is 24.3 Å². The van der Waals surface area contributed by atoms with Gasteiger partial charge in [0.15, 0.2) is 0 Å². The first-order valence-electron chi connectivity index (χ1n) is 9.37. The van der Waals surface area contributed by atoms with Gasteiger partial charge in [-0.1, -0.05) is 32.0 Å². The summed E-state index contributed by atoms with van der Waals surface area (Å²) in [4.78, 5) is 13.7. The van der Waals surface area contributed by atoms with Crippen LogP contribution < -0.4 is 10.1 Å². The third kappa shape index (κ3) is 4.58. The first-order chi connectivity index (χ1) is 13.1. The normalized spacial score (nSPS) is 16.0. The molecule has 1 N–H and O–H groups in total. The molecule has 1 heterocycles. The Morgan fingerprint density at radius 1 is 1.44 bits per heavy atom. The van der Waals surface area contributed by atoms with Crippen LogP contribution >= 0.6 is 11.3 Å². The lowest BCUT2D eigenvalue weighted by atomic mass is 9.89. The largest absolute Gasteiger partial charge is 0.493 e. The average Bonchev–Trinajstić information content (AvgIpc) is 3.01. The summed E-state index contributed by atoms with van der Waals surface area (Å²) >= 11 is 1.54. The fourth-order valence-electron chi connectivity index (χ4n) is 3.24. The molecule has 0 bridgehead atoms. The fraction of sp³-hybridized carbons (Fsp3) is 0.364. The van der Waals surface area contributed by atoms with Gasteiger partial charge in [-0.3, -0.25) is 4.79 Å². The molecule has 5 heteroatoms. The van der Waals surface area contributed by atoms with Crippen LogP contribution in [0.3, 0.4) is 0 Å². The Balaban J connectivity index is 1.74.